The fraction of sp³-hybridized carbons (Fsp3) is 0.118. The summed E-state index contributed by atoms with van der Waals surface area (Å²) < 4.78 is 28.5. The SMILES string of the molecule is O=C(O)c1cn(-c2ccc(F)cc2F)c2nc(NCCO)ccc2c1=O. The minimum absolute atomic E-state index is 0.00607. The number of aliphatic hydroxyl groups is 1. The first-order valence-corrected chi connectivity index (χ1v) is 7.52. The monoisotopic (exact) mass is 361 g/mol. The zero-order chi connectivity index (χ0) is 18.8. The van der Waals surface area contributed by atoms with Gasteiger partial charge in [0.05, 0.1) is 17.7 Å². The molecule has 2 aromatic heterocycles. The molecule has 0 spiro atoms. The van der Waals surface area contributed by atoms with E-state index in [2.05, 4.69) is 10.3 Å². The van der Waals surface area contributed by atoms with Crippen LogP contribution in [0.5, 0.6) is 0 Å². The van der Waals surface area contributed by atoms with Gasteiger partial charge in [-0.05, 0) is 24.3 Å². The molecular weight excluding hydrogens is 348 g/mol. The molecule has 2 heterocycles. The van der Waals surface area contributed by atoms with Gasteiger partial charge in [0.15, 0.2) is 5.65 Å². The summed E-state index contributed by atoms with van der Waals surface area (Å²) in [7, 11) is 0. The van der Waals surface area contributed by atoms with Crippen LogP contribution in [0.25, 0.3) is 16.7 Å². The summed E-state index contributed by atoms with van der Waals surface area (Å²) in [6, 6.07) is 5.57. The molecule has 0 saturated carbocycles. The van der Waals surface area contributed by atoms with Crippen LogP contribution in [-0.4, -0.2) is 38.9 Å². The van der Waals surface area contributed by atoms with E-state index in [0.29, 0.717) is 11.9 Å². The van der Waals surface area contributed by atoms with E-state index in [4.69, 9.17) is 5.11 Å². The molecule has 1 aromatic carbocycles. The summed E-state index contributed by atoms with van der Waals surface area (Å²) in [4.78, 5) is 27.9. The van der Waals surface area contributed by atoms with Crippen LogP contribution in [0.15, 0.2) is 41.3 Å². The number of hydrogen-bond acceptors (Lipinski definition) is 5. The normalized spacial score (nSPS) is 10.9. The molecule has 3 rings (SSSR count). The van der Waals surface area contributed by atoms with Crippen LogP contribution >= 0.6 is 0 Å². The van der Waals surface area contributed by atoms with E-state index >= 15 is 0 Å². The van der Waals surface area contributed by atoms with E-state index in [1.165, 1.54) is 12.1 Å². The Kier molecular flexibility index (Phi) is 4.63. The molecule has 0 fully saturated rings. The van der Waals surface area contributed by atoms with Crippen molar-refractivity contribution in [2.45, 2.75) is 0 Å². The number of pyridine rings is 2. The maximum Gasteiger partial charge on any atom is 0.341 e. The number of benzene rings is 1. The average molecular weight is 361 g/mol. The van der Waals surface area contributed by atoms with Gasteiger partial charge in [0, 0.05) is 18.8 Å². The number of hydrogen-bond donors (Lipinski definition) is 3. The van der Waals surface area contributed by atoms with Crippen LogP contribution in [0, 0.1) is 11.6 Å². The molecule has 0 aliphatic heterocycles. The standard InChI is InChI=1S/C17H13F2N3O4/c18-9-1-3-13(12(19)7-9)22-8-11(17(25)26)15(24)10-2-4-14(20-5-6-23)21-16(10)22/h1-4,7-8,23H,5-6H2,(H,20,21)(H,25,26). The number of nitrogens with one attached hydrogen (secondary N) is 1. The number of fused-ring (bicyclic) bond motifs is 1. The summed E-state index contributed by atoms with van der Waals surface area (Å²) in [5.41, 5.74) is -1.51. The molecule has 26 heavy (non-hydrogen) atoms. The van der Waals surface area contributed by atoms with Crippen molar-refractivity contribution in [1.82, 2.24) is 9.55 Å². The van der Waals surface area contributed by atoms with Crippen LogP contribution in [0.3, 0.4) is 0 Å². The zero-order valence-corrected chi connectivity index (χ0v) is 13.2. The Hall–Kier alpha value is -3.33. The molecule has 9 heteroatoms. The number of aromatic carboxylic acids is 1. The quantitative estimate of drug-likeness (QED) is 0.640. The third-order valence-electron chi connectivity index (χ3n) is 3.67. The Balaban J connectivity index is 2.35. The maximum absolute atomic E-state index is 14.2. The molecule has 0 unspecified atom stereocenters. The van der Waals surface area contributed by atoms with Gasteiger partial charge in [-0.3, -0.25) is 9.36 Å². The fourth-order valence-electron chi connectivity index (χ4n) is 2.50. The van der Waals surface area contributed by atoms with Gasteiger partial charge in [-0.15, -0.1) is 0 Å². The lowest BCUT2D eigenvalue weighted by Crippen LogP contribution is -2.20. The van der Waals surface area contributed by atoms with Crippen LogP contribution in [0.1, 0.15) is 10.4 Å². The lowest BCUT2D eigenvalue weighted by atomic mass is 10.1. The van der Waals surface area contributed by atoms with Gasteiger partial charge < -0.3 is 15.5 Å². The summed E-state index contributed by atoms with van der Waals surface area (Å²) in [6.07, 6.45) is 0.951. The topological polar surface area (TPSA) is 104 Å². The molecule has 0 aliphatic carbocycles. The maximum atomic E-state index is 14.2. The number of nitrogens with zero attached hydrogens (tertiary/aromatic N) is 2. The van der Waals surface area contributed by atoms with E-state index in [1.807, 2.05) is 0 Å². The number of carboxylic acids is 1. The number of carbonyl (C=O) groups is 1. The minimum Gasteiger partial charge on any atom is -0.477 e. The highest BCUT2D eigenvalue weighted by Crippen LogP contribution is 2.21. The molecule has 0 atom stereocenters. The number of carboxylic acid groups (broad SMARTS) is 1. The number of anilines is 1. The van der Waals surface area contributed by atoms with E-state index < -0.39 is 28.6 Å². The second-order valence-electron chi connectivity index (χ2n) is 5.36. The first-order chi connectivity index (χ1) is 12.4. The predicted octanol–water partition coefficient (Wildman–Crippen LogP) is 1.77. The predicted molar refractivity (Wildman–Crippen MR) is 89.8 cm³/mol. The summed E-state index contributed by atoms with van der Waals surface area (Å²) >= 11 is 0. The lowest BCUT2D eigenvalue weighted by molar-refractivity contribution is 0.0695. The van der Waals surface area contributed by atoms with Crippen LogP contribution in [0.2, 0.25) is 0 Å². The average Bonchev–Trinajstić information content (AvgIpc) is 2.60. The van der Waals surface area contributed by atoms with Crippen LogP contribution in [-0.2, 0) is 0 Å². The fourth-order valence-corrected chi connectivity index (χ4v) is 2.50. The zero-order valence-electron chi connectivity index (χ0n) is 13.2. The van der Waals surface area contributed by atoms with E-state index in [-0.39, 0.29) is 29.9 Å². The largest absolute Gasteiger partial charge is 0.477 e. The van der Waals surface area contributed by atoms with Crippen molar-refractivity contribution >= 4 is 22.8 Å². The van der Waals surface area contributed by atoms with Crippen LogP contribution in [0.4, 0.5) is 14.6 Å². The Bertz CT molecular complexity index is 1070. The molecule has 134 valence electrons. The minimum atomic E-state index is -1.48. The third kappa shape index (κ3) is 3.11. The van der Waals surface area contributed by atoms with Gasteiger partial charge in [-0.2, -0.15) is 0 Å². The highest BCUT2D eigenvalue weighted by molar-refractivity contribution is 5.92. The van der Waals surface area contributed by atoms with Crippen molar-refractivity contribution in [3.8, 4) is 5.69 Å². The lowest BCUT2D eigenvalue weighted by Gasteiger charge is -2.14. The molecular formula is C17H13F2N3O4. The van der Waals surface area contributed by atoms with Crippen molar-refractivity contribution in [3.05, 3.63) is 63.9 Å². The molecule has 0 amide bonds. The summed E-state index contributed by atoms with van der Waals surface area (Å²) in [6.45, 7) is 0.0396. The Morgan fingerprint density at radius 1 is 1.23 bits per heavy atom. The van der Waals surface area contributed by atoms with Gasteiger partial charge in [-0.25, -0.2) is 18.6 Å². The smallest absolute Gasteiger partial charge is 0.341 e. The number of aliphatic hydroxyl groups excluding tert-OH is 1. The molecule has 0 saturated heterocycles. The Morgan fingerprint density at radius 2 is 2.00 bits per heavy atom. The molecule has 3 N–H and O–H groups in total. The Morgan fingerprint density at radius 3 is 2.65 bits per heavy atom. The first-order valence-electron chi connectivity index (χ1n) is 7.52. The van der Waals surface area contributed by atoms with Crippen molar-refractivity contribution in [3.63, 3.8) is 0 Å². The Labute approximate surface area is 145 Å². The molecule has 0 radical (unpaired) electrons. The van der Waals surface area contributed by atoms with Crippen LogP contribution < -0.4 is 10.7 Å². The van der Waals surface area contributed by atoms with Gasteiger partial charge in [0.2, 0.25) is 5.43 Å². The second-order valence-corrected chi connectivity index (χ2v) is 5.36. The highest BCUT2D eigenvalue weighted by Gasteiger charge is 2.18. The van der Waals surface area contributed by atoms with Gasteiger partial charge >= 0.3 is 5.97 Å². The molecule has 0 aliphatic rings. The van der Waals surface area contributed by atoms with Crippen molar-refractivity contribution < 1.29 is 23.8 Å². The molecule has 3 aromatic rings. The molecule has 0 bridgehead atoms. The van der Waals surface area contributed by atoms with Crippen molar-refractivity contribution in [2.75, 3.05) is 18.5 Å². The third-order valence-corrected chi connectivity index (χ3v) is 3.67. The van der Waals surface area contributed by atoms with E-state index in [0.717, 1.165) is 22.9 Å². The second kappa shape index (κ2) is 6.89. The van der Waals surface area contributed by atoms with E-state index in [9.17, 15) is 23.5 Å². The number of halogens is 2. The summed E-state index contributed by atoms with van der Waals surface area (Å²) in [5.74, 6) is -2.92. The van der Waals surface area contributed by atoms with Gasteiger partial charge in [0.1, 0.15) is 23.0 Å². The van der Waals surface area contributed by atoms with Crippen molar-refractivity contribution in [1.29, 1.82) is 0 Å². The number of aromatic nitrogens is 2. The highest BCUT2D eigenvalue weighted by atomic mass is 19.1. The molecule has 7 nitrogen and oxygen atoms in total. The van der Waals surface area contributed by atoms with Gasteiger partial charge in [-0.1, -0.05) is 0 Å². The first kappa shape index (κ1) is 17.5. The van der Waals surface area contributed by atoms with Crippen molar-refractivity contribution in [2.24, 2.45) is 0 Å². The number of rotatable bonds is 5. The summed E-state index contributed by atoms with van der Waals surface area (Å²) in [5, 5.41) is 20.9. The van der Waals surface area contributed by atoms with E-state index in [1.54, 1.807) is 0 Å². The van der Waals surface area contributed by atoms with Gasteiger partial charge in [0.25, 0.3) is 0 Å².